The Morgan fingerprint density at radius 1 is 1.08 bits per heavy atom. The maximum Gasteiger partial charge on any atom is 0.276 e. The predicted molar refractivity (Wildman–Crippen MR) is 145 cm³/mol. The number of carbonyl (C=O) groups is 2. The largest absolute Gasteiger partial charge is 0.368 e. The van der Waals surface area contributed by atoms with Crippen molar-refractivity contribution in [2.45, 2.75) is 57.4 Å². The molecule has 4 heterocycles. The summed E-state index contributed by atoms with van der Waals surface area (Å²) >= 11 is 0. The van der Waals surface area contributed by atoms with Crippen LogP contribution in [0.4, 0.5) is 11.6 Å². The molecule has 3 aliphatic rings. The number of rotatable bonds is 4. The second kappa shape index (κ2) is 9.50. The normalized spacial score (nSPS) is 19.2. The number of aromatic amines is 1. The SMILES string of the molecule is CC1(C)Cc2cnc(N)nc2-c2[nH]nc(C(=O)Nc3ccc(C(=O)N4CCC(N5CCCC5)CC4)cc3)c21. The number of hydrogen-bond acceptors (Lipinski definition) is 7. The number of carbonyl (C=O) groups excluding carboxylic acids is 2. The zero-order valence-electron chi connectivity index (χ0n) is 22.0. The number of piperidine rings is 1. The summed E-state index contributed by atoms with van der Waals surface area (Å²) in [4.78, 5) is 39.4. The van der Waals surface area contributed by atoms with Crippen LogP contribution in [0.15, 0.2) is 30.5 Å². The van der Waals surface area contributed by atoms with Gasteiger partial charge in [-0.2, -0.15) is 5.10 Å². The molecule has 2 saturated heterocycles. The van der Waals surface area contributed by atoms with Crippen molar-refractivity contribution >= 4 is 23.5 Å². The molecule has 2 aliphatic heterocycles. The molecule has 6 rings (SSSR count). The van der Waals surface area contributed by atoms with Crippen LogP contribution in [0.5, 0.6) is 0 Å². The smallest absolute Gasteiger partial charge is 0.276 e. The van der Waals surface area contributed by atoms with Crippen LogP contribution in [0, 0.1) is 0 Å². The molecule has 0 unspecified atom stereocenters. The van der Waals surface area contributed by atoms with E-state index in [9.17, 15) is 9.59 Å². The van der Waals surface area contributed by atoms with Crippen molar-refractivity contribution in [3.63, 3.8) is 0 Å². The van der Waals surface area contributed by atoms with Crippen molar-refractivity contribution in [2.75, 3.05) is 37.2 Å². The van der Waals surface area contributed by atoms with Gasteiger partial charge in [-0.05, 0) is 80.4 Å². The summed E-state index contributed by atoms with van der Waals surface area (Å²) in [6.07, 6.45) is 7.06. The summed E-state index contributed by atoms with van der Waals surface area (Å²) in [5.74, 6) is -0.0875. The molecule has 0 saturated carbocycles. The molecular weight excluding hydrogens is 480 g/mol. The molecule has 4 N–H and O–H groups in total. The summed E-state index contributed by atoms with van der Waals surface area (Å²) in [6, 6.07) is 7.72. The maximum absolute atomic E-state index is 13.3. The lowest BCUT2D eigenvalue weighted by Gasteiger charge is -2.36. The van der Waals surface area contributed by atoms with E-state index in [0.717, 1.165) is 37.1 Å². The van der Waals surface area contributed by atoms with Gasteiger partial charge in [0.15, 0.2) is 5.69 Å². The molecular formula is C28H34N8O2. The summed E-state index contributed by atoms with van der Waals surface area (Å²) in [6.45, 7) is 8.12. The Morgan fingerprint density at radius 2 is 1.79 bits per heavy atom. The summed E-state index contributed by atoms with van der Waals surface area (Å²) in [5, 5.41) is 10.3. The fourth-order valence-corrected chi connectivity index (χ4v) is 6.28. The van der Waals surface area contributed by atoms with Crippen LogP contribution in [0.25, 0.3) is 11.4 Å². The predicted octanol–water partition coefficient (Wildman–Crippen LogP) is 3.24. The molecule has 3 aromatic rings. The number of nitrogens with two attached hydrogens (primary N) is 1. The lowest BCUT2D eigenvalue weighted by molar-refractivity contribution is 0.0644. The molecule has 0 atom stereocenters. The average molecular weight is 515 g/mol. The second-order valence-corrected chi connectivity index (χ2v) is 11.3. The molecule has 0 bridgehead atoms. The van der Waals surface area contributed by atoms with Crippen molar-refractivity contribution in [2.24, 2.45) is 0 Å². The van der Waals surface area contributed by atoms with Crippen molar-refractivity contribution in [3.05, 3.63) is 52.8 Å². The molecule has 0 radical (unpaired) electrons. The van der Waals surface area contributed by atoms with Gasteiger partial charge in [-0.1, -0.05) is 13.8 Å². The van der Waals surface area contributed by atoms with Gasteiger partial charge in [0.1, 0.15) is 0 Å². The van der Waals surface area contributed by atoms with Gasteiger partial charge in [0.25, 0.3) is 11.8 Å². The molecule has 2 fully saturated rings. The highest BCUT2D eigenvalue weighted by molar-refractivity contribution is 6.05. The van der Waals surface area contributed by atoms with Gasteiger partial charge in [0.2, 0.25) is 5.95 Å². The van der Waals surface area contributed by atoms with Crippen LogP contribution in [-0.2, 0) is 11.8 Å². The van der Waals surface area contributed by atoms with E-state index in [1.165, 1.54) is 25.9 Å². The topological polar surface area (TPSA) is 133 Å². The zero-order valence-corrected chi connectivity index (χ0v) is 22.0. The number of H-pyrrole nitrogens is 1. The average Bonchev–Trinajstić information content (AvgIpc) is 3.61. The van der Waals surface area contributed by atoms with Crippen molar-refractivity contribution < 1.29 is 9.59 Å². The number of nitrogens with one attached hydrogen (secondary N) is 2. The van der Waals surface area contributed by atoms with Crippen LogP contribution in [0.1, 0.15) is 71.5 Å². The maximum atomic E-state index is 13.3. The Bertz CT molecular complexity index is 1370. The van der Waals surface area contributed by atoms with E-state index >= 15 is 0 Å². The van der Waals surface area contributed by atoms with Crippen LogP contribution in [0.2, 0.25) is 0 Å². The second-order valence-electron chi connectivity index (χ2n) is 11.3. The van der Waals surface area contributed by atoms with Crippen molar-refractivity contribution in [3.8, 4) is 11.4 Å². The first kappa shape index (κ1) is 24.5. The molecule has 1 aliphatic carbocycles. The van der Waals surface area contributed by atoms with Gasteiger partial charge in [-0.15, -0.1) is 0 Å². The van der Waals surface area contributed by atoms with Crippen molar-refractivity contribution in [1.29, 1.82) is 0 Å². The molecule has 2 aromatic heterocycles. The molecule has 0 spiro atoms. The number of amides is 2. The Balaban J connectivity index is 1.14. The zero-order chi connectivity index (χ0) is 26.4. The van der Waals surface area contributed by atoms with E-state index in [-0.39, 0.29) is 23.2 Å². The summed E-state index contributed by atoms with van der Waals surface area (Å²) in [5.41, 5.74) is 10.2. The number of anilines is 2. The molecule has 2 amide bonds. The van der Waals surface area contributed by atoms with E-state index in [1.54, 1.807) is 30.5 Å². The highest BCUT2D eigenvalue weighted by atomic mass is 16.2. The first-order valence-electron chi connectivity index (χ1n) is 13.5. The van der Waals surface area contributed by atoms with Gasteiger partial charge in [0.05, 0.1) is 11.4 Å². The van der Waals surface area contributed by atoms with Crippen LogP contribution < -0.4 is 11.1 Å². The number of likely N-dealkylation sites (tertiary alicyclic amines) is 2. The van der Waals surface area contributed by atoms with E-state index in [4.69, 9.17) is 5.73 Å². The third-order valence-corrected chi connectivity index (χ3v) is 8.21. The van der Waals surface area contributed by atoms with E-state index in [2.05, 4.69) is 44.2 Å². The Labute approximate surface area is 222 Å². The standard InChI is InChI=1S/C28H34N8O2/c1-28(2)15-18-16-30-27(29)32-22(18)23-21(28)24(34-33-23)25(37)31-19-7-5-17(6-8-19)26(38)36-13-9-20(10-14-36)35-11-3-4-12-35/h5-8,16,20H,3-4,9-15H2,1-2H3,(H,31,37)(H,33,34)(H2,29,30,32). The van der Waals surface area contributed by atoms with E-state index in [0.29, 0.717) is 40.8 Å². The number of aromatic nitrogens is 4. The fraction of sp³-hybridized carbons (Fsp3) is 0.464. The number of nitrogen functional groups attached to an aromatic ring is 1. The van der Waals surface area contributed by atoms with Gasteiger partial charge < -0.3 is 20.9 Å². The van der Waals surface area contributed by atoms with Crippen molar-refractivity contribution in [1.82, 2.24) is 30.0 Å². The number of fused-ring (bicyclic) bond motifs is 3. The highest BCUT2D eigenvalue weighted by Crippen LogP contribution is 2.42. The third kappa shape index (κ3) is 4.42. The lowest BCUT2D eigenvalue weighted by Crippen LogP contribution is -2.45. The molecule has 38 heavy (non-hydrogen) atoms. The first-order valence-corrected chi connectivity index (χ1v) is 13.5. The molecule has 198 valence electrons. The summed E-state index contributed by atoms with van der Waals surface area (Å²) < 4.78 is 0. The fourth-order valence-electron chi connectivity index (χ4n) is 6.28. The van der Waals surface area contributed by atoms with Gasteiger partial charge in [0, 0.05) is 42.1 Å². The Morgan fingerprint density at radius 3 is 2.50 bits per heavy atom. The monoisotopic (exact) mass is 514 g/mol. The van der Waals surface area contributed by atoms with E-state index in [1.807, 2.05) is 4.90 Å². The van der Waals surface area contributed by atoms with Gasteiger partial charge in [-0.3, -0.25) is 14.7 Å². The van der Waals surface area contributed by atoms with Gasteiger partial charge >= 0.3 is 0 Å². The molecule has 1 aromatic carbocycles. The van der Waals surface area contributed by atoms with E-state index < -0.39 is 0 Å². The van der Waals surface area contributed by atoms with Crippen LogP contribution >= 0.6 is 0 Å². The highest BCUT2D eigenvalue weighted by Gasteiger charge is 2.38. The minimum atomic E-state index is -0.347. The quantitative estimate of drug-likeness (QED) is 0.487. The van der Waals surface area contributed by atoms with Gasteiger partial charge in [-0.25, -0.2) is 9.97 Å². The minimum Gasteiger partial charge on any atom is -0.368 e. The summed E-state index contributed by atoms with van der Waals surface area (Å²) in [7, 11) is 0. The van der Waals surface area contributed by atoms with Crippen LogP contribution in [0.3, 0.4) is 0 Å². The molecule has 10 heteroatoms. The van der Waals surface area contributed by atoms with Crippen LogP contribution in [-0.4, -0.2) is 74.0 Å². The minimum absolute atomic E-state index is 0.0470. The lowest BCUT2D eigenvalue weighted by atomic mass is 9.73. The number of nitrogens with zero attached hydrogens (tertiary/aromatic N) is 5. The Kier molecular flexibility index (Phi) is 6.14. The Hall–Kier alpha value is -3.79. The first-order chi connectivity index (χ1) is 18.3. The molecule has 10 nitrogen and oxygen atoms in total. The third-order valence-electron chi connectivity index (χ3n) is 8.21. The number of benzene rings is 1. The number of hydrogen-bond donors (Lipinski definition) is 3.